The maximum absolute atomic E-state index is 10.3. The van der Waals surface area contributed by atoms with Gasteiger partial charge in [-0.1, -0.05) is 0 Å². The zero-order valence-electron chi connectivity index (χ0n) is 9.19. The van der Waals surface area contributed by atoms with Crippen LogP contribution < -0.4 is 0 Å². The molecule has 1 rings (SSSR count). The van der Waals surface area contributed by atoms with E-state index in [0.29, 0.717) is 6.42 Å². The summed E-state index contributed by atoms with van der Waals surface area (Å²) in [6.07, 6.45) is 2.59. The molecule has 4 heteroatoms. The number of carboxylic acids is 1. The first-order chi connectivity index (χ1) is 7.09. The van der Waals surface area contributed by atoms with E-state index in [-0.39, 0.29) is 6.42 Å². The third kappa shape index (κ3) is 4.16. The average molecular weight is 211 g/mol. The third-order valence-corrected chi connectivity index (χ3v) is 2.34. The predicted octanol–water partition coefficient (Wildman–Crippen LogP) is 1.88. The molecule has 0 spiro atoms. The lowest BCUT2D eigenvalue weighted by Crippen LogP contribution is -2.19. The first-order valence-corrected chi connectivity index (χ1v) is 5.03. The van der Waals surface area contributed by atoms with Crippen LogP contribution in [-0.2, 0) is 11.3 Å². The van der Waals surface area contributed by atoms with Crippen LogP contribution in [-0.4, -0.2) is 29.6 Å². The summed E-state index contributed by atoms with van der Waals surface area (Å²) < 4.78 is 5.19. The Morgan fingerprint density at radius 3 is 2.87 bits per heavy atom. The molecule has 0 saturated heterocycles. The summed E-state index contributed by atoms with van der Waals surface area (Å²) >= 11 is 0. The molecule has 0 atom stereocenters. The zero-order chi connectivity index (χ0) is 11.3. The number of carboxylic acid groups (broad SMARTS) is 1. The van der Waals surface area contributed by atoms with Gasteiger partial charge in [-0.25, -0.2) is 0 Å². The smallest absolute Gasteiger partial charge is 0.303 e. The van der Waals surface area contributed by atoms with Gasteiger partial charge in [0.25, 0.3) is 0 Å². The van der Waals surface area contributed by atoms with Crippen LogP contribution in [0.3, 0.4) is 0 Å². The van der Waals surface area contributed by atoms with E-state index in [4.69, 9.17) is 9.52 Å². The SMILES string of the molecule is Cc1occc1CN(C)CCCC(=O)O. The summed E-state index contributed by atoms with van der Waals surface area (Å²) in [5.74, 6) is 0.197. The van der Waals surface area contributed by atoms with Gasteiger partial charge in [0.05, 0.1) is 6.26 Å². The molecule has 0 amide bonds. The van der Waals surface area contributed by atoms with E-state index in [9.17, 15) is 4.79 Å². The van der Waals surface area contributed by atoms with Crippen LogP contribution in [0.2, 0.25) is 0 Å². The molecular formula is C11H17NO3. The highest BCUT2D eigenvalue weighted by Crippen LogP contribution is 2.11. The lowest BCUT2D eigenvalue weighted by atomic mass is 10.2. The standard InChI is InChI=1S/C11H17NO3/c1-9-10(5-7-15-9)8-12(2)6-3-4-11(13)14/h5,7H,3-4,6,8H2,1-2H3,(H,13,14). The minimum atomic E-state index is -0.733. The van der Waals surface area contributed by atoms with Gasteiger partial charge in [0, 0.05) is 18.5 Å². The number of hydrogen-bond acceptors (Lipinski definition) is 3. The van der Waals surface area contributed by atoms with Crippen molar-refractivity contribution in [2.75, 3.05) is 13.6 Å². The van der Waals surface area contributed by atoms with E-state index in [1.54, 1.807) is 6.26 Å². The maximum atomic E-state index is 10.3. The van der Waals surface area contributed by atoms with Crippen LogP contribution in [0.4, 0.5) is 0 Å². The van der Waals surface area contributed by atoms with Gasteiger partial charge in [0.2, 0.25) is 0 Å². The molecule has 0 aliphatic rings. The molecule has 4 nitrogen and oxygen atoms in total. The number of nitrogens with zero attached hydrogens (tertiary/aromatic N) is 1. The Kier molecular flexibility index (Phi) is 4.37. The molecule has 0 unspecified atom stereocenters. The highest BCUT2D eigenvalue weighted by molar-refractivity contribution is 5.66. The Balaban J connectivity index is 2.27. The highest BCUT2D eigenvalue weighted by Gasteiger charge is 2.05. The normalized spacial score (nSPS) is 10.9. The van der Waals surface area contributed by atoms with Crippen molar-refractivity contribution >= 4 is 5.97 Å². The van der Waals surface area contributed by atoms with Gasteiger partial charge in [-0.3, -0.25) is 4.79 Å². The molecule has 1 aromatic rings. The van der Waals surface area contributed by atoms with Crippen molar-refractivity contribution in [1.82, 2.24) is 4.90 Å². The van der Waals surface area contributed by atoms with Gasteiger partial charge in [-0.05, 0) is 33.0 Å². The molecule has 0 aliphatic heterocycles. The number of carbonyl (C=O) groups is 1. The van der Waals surface area contributed by atoms with Crippen molar-refractivity contribution in [3.8, 4) is 0 Å². The predicted molar refractivity (Wildman–Crippen MR) is 56.6 cm³/mol. The van der Waals surface area contributed by atoms with Crippen LogP contribution in [0.25, 0.3) is 0 Å². The van der Waals surface area contributed by atoms with E-state index in [0.717, 1.165) is 24.4 Å². The summed E-state index contributed by atoms with van der Waals surface area (Å²) in [6.45, 7) is 3.53. The first kappa shape index (κ1) is 11.8. The molecular weight excluding hydrogens is 194 g/mol. The van der Waals surface area contributed by atoms with E-state index >= 15 is 0 Å². The van der Waals surface area contributed by atoms with Gasteiger partial charge in [-0.15, -0.1) is 0 Å². The lowest BCUT2D eigenvalue weighted by Gasteiger charge is -2.15. The number of rotatable bonds is 6. The summed E-state index contributed by atoms with van der Waals surface area (Å²) in [4.78, 5) is 12.4. The molecule has 0 fully saturated rings. The molecule has 84 valence electrons. The lowest BCUT2D eigenvalue weighted by molar-refractivity contribution is -0.137. The summed E-state index contributed by atoms with van der Waals surface area (Å²) in [7, 11) is 1.98. The topological polar surface area (TPSA) is 53.7 Å². The third-order valence-electron chi connectivity index (χ3n) is 2.34. The second kappa shape index (κ2) is 5.56. The van der Waals surface area contributed by atoms with E-state index in [2.05, 4.69) is 4.90 Å². The van der Waals surface area contributed by atoms with E-state index in [1.807, 2.05) is 20.0 Å². The largest absolute Gasteiger partial charge is 0.481 e. The van der Waals surface area contributed by atoms with Crippen LogP contribution in [0.15, 0.2) is 16.7 Å². The van der Waals surface area contributed by atoms with E-state index in [1.165, 1.54) is 0 Å². The Morgan fingerprint density at radius 1 is 1.60 bits per heavy atom. The Bertz CT molecular complexity index is 319. The van der Waals surface area contributed by atoms with Gasteiger partial charge in [0.15, 0.2) is 0 Å². The molecule has 1 N–H and O–H groups in total. The molecule has 0 saturated carbocycles. The quantitative estimate of drug-likeness (QED) is 0.780. The second-order valence-corrected chi connectivity index (χ2v) is 3.74. The molecule has 0 aliphatic carbocycles. The molecule has 1 aromatic heterocycles. The van der Waals surface area contributed by atoms with Crippen LogP contribution in [0.1, 0.15) is 24.2 Å². The summed E-state index contributed by atoms with van der Waals surface area (Å²) in [6, 6.07) is 1.95. The number of aliphatic carboxylic acids is 1. The first-order valence-electron chi connectivity index (χ1n) is 5.03. The maximum Gasteiger partial charge on any atom is 0.303 e. The fraction of sp³-hybridized carbons (Fsp3) is 0.545. The van der Waals surface area contributed by atoms with Gasteiger partial charge < -0.3 is 14.4 Å². The van der Waals surface area contributed by atoms with Gasteiger partial charge in [0.1, 0.15) is 5.76 Å². The zero-order valence-corrected chi connectivity index (χ0v) is 9.19. The molecule has 0 radical (unpaired) electrons. The van der Waals surface area contributed by atoms with Crippen molar-refractivity contribution in [2.24, 2.45) is 0 Å². The van der Waals surface area contributed by atoms with Crippen LogP contribution in [0.5, 0.6) is 0 Å². The molecule has 0 aromatic carbocycles. The Hall–Kier alpha value is -1.29. The second-order valence-electron chi connectivity index (χ2n) is 3.74. The fourth-order valence-electron chi connectivity index (χ4n) is 1.45. The molecule has 0 bridgehead atoms. The van der Waals surface area contributed by atoms with Crippen molar-refractivity contribution in [3.05, 3.63) is 23.7 Å². The van der Waals surface area contributed by atoms with Gasteiger partial charge in [-0.2, -0.15) is 0 Å². The van der Waals surface area contributed by atoms with Crippen molar-refractivity contribution < 1.29 is 14.3 Å². The fourth-order valence-corrected chi connectivity index (χ4v) is 1.45. The number of hydrogen-bond donors (Lipinski definition) is 1. The van der Waals surface area contributed by atoms with E-state index < -0.39 is 5.97 Å². The number of aryl methyl sites for hydroxylation is 1. The number of furan rings is 1. The minimum Gasteiger partial charge on any atom is -0.481 e. The molecule has 15 heavy (non-hydrogen) atoms. The molecule has 1 heterocycles. The monoisotopic (exact) mass is 211 g/mol. The Morgan fingerprint density at radius 2 is 2.33 bits per heavy atom. The van der Waals surface area contributed by atoms with Crippen molar-refractivity contribution in [2.45, 2.75) is 26.3 Å². The average Bonchev–Trinajstić information content (AvgIpc) is 2.51. The summed E-state index contributed by atoms with van der Waals surface area (Å²) in [5.41, 5.74) is 1.16. The summed E-state index contributed by atoms with van der Waals surface area (Å²) in [5, 5.41) is 8.49. The minimum absolute atomic E-state index is 0.231. The van der Waals surface area contributed by atoms with Crippen molar-refractivity contribution in [1.29, 1.82) is 0 Å². The van der Waals surface area contributed by atoms with Crippen LogP contribution in [0, 0.1) is 6.92 Å². The van der Waals surface area contributed by atoms with Crippen LogP contribution >= 0.6 is 0 Å². The van der Waals surface area contributed by atoms with Crippen molar-refractivity contribution in [3.63, 3.8) is 0 Å². The Labute approximate surface area is 89.5 Å². The highest BCUT2D eigenvalue weighted by atomic mass is 16.4. The van der Waals surface area contributed by atoms with Gasteiger partial charge >= 0.3 is 5.97 Å².